The molecule has 0 saturated heterocycles. The van der Waals surface area contributed by atoms with Gasteiger partial charge in [0.2, 0.25) is 0 Å². The second kappa shape index (κ2) is 25.2. The second-order valence-corrected chi connectivity index (χ2v) is 13.2. The van der Waals surface area contributed by atoms with Crippen molar-refractivity contribution in [3.05, 3.63) is 82.4 Å². The van der Waals surface area contributed by atoms with E-state index < -0.39 is 0 Å². The highest BCUT2D eigenvalue weighted by atomic mass is 31.0. The van der Waals surface area contributed by atoms with Gasteiger partial charge in [0.1, 0.15) is 0 Å². The van der Waals surface area contributed by atoms with Gasteiger partial charge in [0, 0.05) is 53.8 Å². The van der Waals surface area contributed by atoms with Crippen LogP contribution in [0.25, 0.3) is 0 Å². The van der Waals surface area contributed by atoms with E-state index in [1.165, 1.54) is 71.1 Å². The van der Waals surface area contributed by atoms with Crippen LogP contribution in [0, 0.1) is 17.8 Å². The molecule has 0 bridgehead atoms. The van der Waals surface area contributed by atoms with E-state index >= 15 is 0 Å². The summed E-state index contributed by atoms with van der Waals surface area (Å²) in [7, 11) is 9.37. The zero-order valence-electron chi connectivity index (χ0n) is 31.7. The summed E-state index contributed by atoms with van der Waals surface area (Å²) in [5.74, 6) is 2.32. The van der Waals surface area contributed by atoms with Crippen LogP contribution in [0.2, 0.25) is 0 Å². The Hall–Kier alpha value is -1.86. The van der Waals surface area contributed by atoms with Crippen molar-refractivity contribution in [3.63, 3.8) is 0 Å². The minimum Gasteiger partial charge on any atom is -0.365 e. The van der Waals surface area contributed by atoms with E-state index in [9.17, 15) is 0 Å². The third kappa shape index (κ3) is 16.8. The van der Waals surface area contributed by atoms with Crippen molar-refractivity contribution in [1.82, 2.24) is 10.6 Å². The molecule has 260 valence electrons. The molecule has 1 aromatic rings. The van der Waals surface area contributed by atoms with Crippen molar-refractivity contribution in [2.24, 2.45) is 27.7 Å². The van der Waals surface area contributed by atoms with Crippen LogP contribution < -0.4 is 10.6 Å². The average Bonchev–Trinajstić information content (AvgIpc) is 4.02. The second-order valence-electron chi connectivity index (χ2n) is 12.3. The van der Waals surface area contributed by atoms with Gasteiger partial charge in [-0.25, -0.2) is 0 Å². The SMILES string of the molecule is C/C=C(/CP)N=C(C)c1ccc(CC)cc1.C=C(/C(C)=C\N/C(C)=C(\C(CC)=NC)C(NC)C1CC1)C1CC1.CC.CC(C)CP. The number of benzene rings is 1. The summed E-state index contributed by atoms with van der Waals surface area (Å²) in [5, 5.41) is 7.04. The maximum atomic E-state index is 4.60. The molecule has 0 amide bonds. The predicted octanol–water partition coefficient (Wildman–Crippen LogP) is 10.6. The molecule has 0 heterocycles. The van der Waals surface area contributed by atoms with Crippen molar-refractivity contribution in [3.8, 4) is 0 Å². The van der Waals surface area contributed by atoms with E-state index in [4.69, 9.17) is 0 Å². The molecule has 1 aromatic carbocycles. The van der Waals surface area contributed by atoms with Crippen LogP contribution in [0.3, 0.4) is 0 Å². The van der Waals surface area contributed by atoms with Crippen molar-refractivity contribution in [2.75, 3.05) is 26.4 Å². The minimum absolute atomic E-state index is 0.404. The van der Waals surface area contributed by atoms with Crippen LogP contribution >= 0.6 is 18.5 Å². The standard InChI is InChI=1S/C20H33N3.C14H20NP.C4H11P.C2H6/c1-7-18(21-5)19(20(22-6)17-10-11-17)15(4)23-12-13(2)14(3)16-8-9-16;1-4-12-6-8-13(9-7-12)11(3)15-14(5-2)10-16;1-4(2)3-5;1-2/h12,16-17,20,22-23H,3,7-11H2,1-2,4-6H3;5-9H,4,10,16H2,1-3H3;4H,3,5H2,1-2H3;1-2H3/b13-12-,19-15+,21-18?;14-5-,15-11?;;. The number of rotatable bonds is 14. The summed E-state index contributed by atoms with van der Waals surface area (Å²) in [4.78, 5) is 9.14. The Morgan fingerprint density at radius 2 is 1.59 bits per heavy atom. The Morgan fingerprint density at radius 3 is 1.96 bits per heavy atom. The lowest BCUT2D eigenvalue weighted by Gasteiger charge is -2.24. The molecule has 2 saturated carbocycles. The molecule has 0 spiro atoms. The number of aliphatic imine (C=N–C) groups is 2. The summed E-state index contributed by atoms with van der Waals surface area (Å²) in [6, 6.07) is 9.04. The molecule has 0 radical (unpaired) electrons. The van der Waals surface area contributed by atoms with Crippen LogP contribution in [0.1, 0.15) is 112 Å². The van der Waals surface area contributed by atoms with Gasteiger partial charge in [0.15, 0.2) is 0 Å². The molecule has 3 atom stereocenters. The number of aryl methyl sites for hydroxylation is 1. The summed E-state index contributed by atoms with van der Waals surface area (Å²) >= 11 is 0. The fraction of sp³-hybridized carbons (Fsp3) is 0.600. The van der Waals surface area contributed by atoms with Crippen LogP contribution in [0.15, 0.2) is 81.2 Å². The maximum absolute atomic E-state index is 4.60. The zero-order chi connectivity index (χ0) is 35.2. The van der Waals surface area contributed by atoms with Crippen LogP contribution in [0.4, 0.5) is 0 Å². The van der Waals surface area contributed by atoms with E-state index in [1.807, 2.05) is 27.8 Å². The Balaban J connectivity index is 0.000000764. The summed E-state index contributed by atoms with van der Waals surface area (Å²) in [6.07, 6.45) is 13.6. The highest BCUT2D eigenvalue weighted by molar-refractivity contribution is 7.16. The van der Waals surface area contributed by atoms with Gasteiger partial charge in [0.25, 0.3) is 0 Å². The lowest BCUT2D eigenvalue weighted by Crippen LogP contribution is -2.35. The van der Waals surface area contributed by atoms with E-state index in [2.05, 4.69) is 138 Å². The van der Waals surface area contributed by atoms with Crippen molar-refractivity contribution < 1.29 is 0 Å². The number of nitrogens with one attached hydrogen (secondary N) is 2. The van der Waals surface area contributed by atoms with Gasteiger partial charge in [-0.2, -0.15) is 0 Å². The Bertz CT molecular complexity index is 1160. The Morgan fingerprint density at radius 1 is 1.02 bits per heavy atom. The number of allylic oxidation sites excluding steroid dienone is 5. The fourth-order valence-corrected chi connectivity index (χ4v) is 5.10. The number of hydrogen-bond acceptors (Lipinski definition) is 4. The zero-order valence-corrected chi connectivity index (χ0v) is 34.0. The molecule has 4 nitrogen and oxygen atoms in total. The lowest BCUT2D eigenvalue weighted by atomic mass is 9.94. The summed E-state index contributed by atoms with van der Waals surface area (Å²) in [6.45, 7) is 25.4. The fourth-order valence-electron chi connectivity index (χ4n) is 4.77. The molecule has 0 aromatic heterocycles. The molecule has 2 aliphatic rings. The van der Waals surface area contributed by atoms with Crippen molar-refractivity contribution in [1.29, 1.82) is 0 Å². The first-order valence-corrected chi connectivity index (χ1v) is 19.3. The first-order chi connectivity index (χ1) is 22.0. The molecule has 3 rings (SSSR count). The van der Waals surface area contributed by atoms with Gasteiger partial charge in [0.05, 0.1) is 0 Å². The highest BCUT2D eigenvalue weighted by Crippen LogP contribution is 2.39. The molecule has 3 unspecified atom stereocenters. The quantitative estimate of drug-likeness (QED) is 0.118. The van der Waals surface area contributed by atoms with Crippen LogP contribution in [-0.4, -0.2) is 43.9 Å². The number of hydrogen-bond donors (Lipinski definition) is 2. The monoisotopic (exact) mass is 669 g/mol. The highest BCUT2D eigenvalue weighted by Gasteiger charge is 2.34. The van der Waals surface area contributed by atoms with Crippen molar-refractivity contribution in [2.45, 2.75) is 114 Å². The van der Waals surface area contributed by atoms with Gasteiger partial charge < -0.3 is 10.6 Å². The number of nitrogens with zero attached hydrogens (tertiary/aromatic N) is 2. The predicted molar refractivity (Wildman–Crippen MR) is 218 cm³/mol. The maximum Gasteiger partial charge on any atom is 0.0448 e. The first-order valence-electron chi connectivity index (χ1n) is 17.7. The first kappa shape index (κ1) is 44.1. The van der Waals surface area contributed by atoms with Gasteiger partial charge in [-0.1, -0.05) is 78.5 Å². The topological polar surface area (TPSA) is 48.8 Å². The molecule has 2 fully saturated rings. The van der Waals surface area contributed by atoms with E-state index in [0.29, 0.717) is 6.04 Å². The van der Waals surface area contributed by atoms with Gasteiger partial charge >= 0.3 is 0 Å². The molecule has 2 N–H and O–H groups in total. The Kier molecular flexibility index (Phi) is 24.2. The van der Waals surface area contributed by atoms with Crippen molar-refractivity contribution >= 4 is 29.9 Å². The third-order valence-electron chi connectivity index (χ3n) is 8.22. The molecule has 0 aliphatic heterocycles. The van der Waals surface area contributed by atoms with Gasteiger partial charge in [-0.05, 0) is 119 Å². The summed E-state index contributed by atoms with van der Waals surface area (Å²) in [5.41, 5.74) is 11.1. The van der Waals surface area contributed by atoms with Crippen LogP contribution in [0.5, 0.6) is 0 Å². The number of likely N-dealkylation sites (N-methyl/N-ethyl adjacent to an activating group) is 1. The van der Waals surface area contributed by atoms with E-state index in [-0.39, 0.29) is 0 Å². The minimum atomic E-state index is 0.404. The normalized spacial score (nSPS) is 16.6. The molecular weight excluding hydrogens is 598 g/mol. The molecular formula is C40H70N4P2. The van der Waals surface area contributed by atoms with E-state index in [0.717, 1.165) is 48.2 Å². The van der Waals surface area contributed by atoms with E-state index in [1.54, 1.807) is 0 Å². The molecule has 2 aliphatic carbocycles. The average molecular weight is 669 g/mol. The van der Waals surface area contributed by atoms with Crippen LogP contribution in [-0.2, 0) is 6.42 Å². The van der Waals surface area contributed by atoms with Gasteiger partial charge in [-0.3, -0.25) is 9.98 Å². The third-order valence-corrected chi connectivity index (χ3v) is 9.58. The Labute approximate surface area is 290 Å². The molecule has 46 heavy (non-hydrogen) atoms. The smallest absolute Gasteiger partial charge is 0.0448 e. The molecule has 6 heteroatoms. The largest absolute Gasteiger partial charge is 0.365 e. The van der Waals surface area contributed by atoms with Gasteiger partial charge in [-0.15, -0.1) is 18.5 Å². The lowest BCUT2D eigenvalue weighted by molar-refractivity contribution is 0.575. The summed E-state index contributed by atoms with van der Waals surface area (Å²) < 4.78 is 0.